The summed E-state index contributed by atoms with van der Waals surface area (Å²) in [6, 6.07) is 3.48. The van der Waals surface area contributed by atoms with E-state index in [0.717, 1.165) is 11.4 Å². The SMILES string of the molecule is COC1N=C(Cl)Nc2cnn(CCOc3ccc(CO)nc3)c21. The van der Waals surface area contributed by atoms with Gasteiger partial charge in [0, 0.05) is 7.11 Å². The first-order chi connectivity index (χ1) is 11.2. The van der Waals surface area contributed by atoms with Gasteiger partial charge in [0.15, 0.2) is 11.5 Å². The van der Waals surface area contributed by atoms with E-state index in [1.165, 1.54) is 0 Å². The molecule has 2 aromatic rings. The number of hydrogen-bond donors (Lipinski definition) is 2. The van der Waals surface area contributed by atoms with Gasteiger partial charge in [0.1, 0.15) is 18.1 Å². The molecule has 0 aliphatic carbocycles. The maximum atomic E-state index is 8.96. The number of pyridine rings is 1. The van der Waals surface area contributed by atoms with Crippen LogP contribution in [-0.2, 0) is 17.9 Å². The van der Waals surface area contributed by atoms with E-state index < -0.39 is 6.23 Å². The third kappa shape index (κ3) is 3.44. The van der Waals surface area contributed by atoms with Crippen molar-refractivity contribution in [3.63, 3.8) is 0 Å². The fourth-order valence-corrected chi connectivity index (χ4v) is 2.43. The summed E-state index contributed by atoms with van der Waals surface area (Å²) in [5.41, 5.74) is 2.17. The van der Waals surface area contributed by atoms with Crippen LogP contribution in [0.25, 0.3) is 0 Å². The van der Waals surface area contributed by atoms with Gasteiger partial charge in [-0.25, -0.2) is 4.99 Å². The highest BCUT2D eigenvalue weighted by Crippen LogP contribution is 2.30. The number of nitrogens with one attached hydrogen (secondary N) is 1. The average molecular weight is 338 g/mol. The predicted octanol–water partition coefficient (Wildman–Crippen LogP) is 1.51. The number of ether oxygens (including phenoxy) is 2. The van der Waals surface area contributed by atoms with Crippen molar-refractivity contribution in [2.24, 2.45) is 4.99 Å². The number of aliphatic hydroxyl groups excluding tert-OH is 1. The first kappa shape index (κ1) is 15.7. The number of fused-ring (bicyclic) bond motifs is 1. The number of nitrogens with zero attached hydrogens (tertiary/aromatic N) is 4. The number of aromatic nitrogens is 3. The summed E-state index contributed by atoms with van der Waals surface area (Å²) in [5, 5.41) is 16.5. The molecule has 2 aromatic heterocycles. The Balaban J connectivity index is 1.64. The van der Waals surface area contributed by atoms with Gasteiger partial charge in [-0.1, -0.05) is 0 Å². The summed E-state index contributed by atoms with van der Waals surface area (Å²) >= 11 is 5.91. The predicted molar refractivity (Wildman–Crippen MR) is 84.5 cm³/mol. The topological polar surface area (TPSA) is 93.8 Å². The molecular formula is C14H16ClN5O3. The molecule has 0 fully saturated rings. The Bertz CT molecular complexity index is 701. The second-order valence-electron chi connectivity index (χ2n) is 4.79. The molecular weight excluding hydrogens is 322 g/mol. The Morgan fingerprint density at radius 1 is 1.39 bits per heavy atom. The standard InChI is InChI=1S/C14H16ClN5O3/c1-22-13-12-11(18-14(15)19-13)7-17-20(12)4-5-23-10-3-2-9(8-21)16-6-10/h2-3,6-7,13,21H,4-5,8H2,1H3,(H,18,19). The molecule has 122 valence electrons. The van der Waals surface area contributed by atoms with E-state index in [1.54, 1.807) is 36.3 Å². The van der Waals surface area contributed by atoms with Crippen molar-refractivity contribution >= 4 is 22.6 Å². The molecule has 0 amide bonds. The highest BCUT2D eigenvalue weighted by molar-refractivity contribution is 6.67. The Morgan fingerprint density at radius 2 is 2.26 bits per heavy atom. The summed E-state index contributed by atoms with van der Waals surface area (Å²) in [7, 11) is 1.57. The maximum absolute atomic E-state index is 8.96. The number of amidine groups is 1. The lowest BCUT2D eigenvalue weighted by atomic mass is 10.3. The minimum Gasteiger partial charge on any atom is -0.490 e. The molecule has 23 heavy (non-hydrogen) atoms. The Labute approximate surface area is 137 Å². The lowest BCUT2D eigenvalue weighted by molar-refractivity contribution is 0.102. The molecule has 0 spiro atoms. The van der Waals surface area contributed by atoms with E-state index in [0.29, 0.717) is 24.6 Å². The first-order valence-electron chi connectivity index (χ1n) is 6.98. The van der Waals surface area contributed by atoms with Crippen LogP contribution in [0.5, 0.6) is 5.75 Å². The molecule has 0 bridgehead atoms. The van der Waals surface area contributed by atoms with Crippen LogP contribution < -0.4 is 10.1 Å². The molecule has 0 saturated carbocycles. The normalized spacial score (nSPS) is 16.5. The zero-order valence-corrected chi connectivity index (χ0v) is 13.2. The number of rotatable bonds is 6. The number of anilines is 1. The molecule has 1 atom stereocenters. The number of aliphatic imine (C=N–C) groups is 1. The summed E-state index contributed by atoms with van der Waals surface area (Å²) in [4.78, 5) is 8.23. The maximum Gasteiger partial charge on any atom is 0.198 e. The number of aliphatic hydroxyl groups is 1. The van der Waals surface area contributed by atoms with Gasteiger partial charge >= 0.3 is 0 Å². The average Bonchev–Trinajstić information content (AvgIpc) is 2.97. The molecule has 2 N–H and O–H groups in total. The quantitative estimate of drug-likeness (QED) is 0.776. The van der Waals surface area contributed by atoms with Crippen LogP contribution in [0, 0.1) is 0 Å². The van der Waals surface area contributed by atoms with E-state index in [9.17, 15) is 0 Å². The zero-order chi connectivity index (χ0) is 16.2. The van der Waals surface area contributed by atoms with Gasteiger partial charge in [0.2, 0.25) is 0 Å². The second kappa shape index (κ2) is 6.95. The lowest BCUT2D eigenvalue weighted by Crippen LogP contribution is -2.21. The Kier molecular flexibility index (Phi) is 4.75. The van der Waals surface area contributed by atoms with Crippen molar-refractivity contribution in [3.05, 3.63) is 35.9 Å². The van der Waals surface area contributed by atoms with Gasteiger partial charge in [0.25, 0.3) is 0 Å². The highest BCUT2D eigenvalue weighted by atomic mass is 35.5. The molecule has 3 rings (SSSR count). The largest absolute Gasteiger partial charge is 0.490 e. The fraction of sp³-hybridized carbons (Fsp3) is 0.357. The van der Waals surface area contributed by atoms with Gasteiger partial charge in [-0.3, -0.25) is 9.67 Å². The highest BCUT2D eigenvalue weighted by Gasteiger charge is 2.25. The number of halogens is 1. The van der Waals surface area contributed by atoms with Crippen LogP contribution in [0.1, 0.15) is 17.6 Å². The molecule has 9 heteroatoms. The minimum atomic E-state index is -0.494. The van der Waals surface area contributed by atoms with E-state index >= 15 is 0 Å². The van der Waals surface area contributed by atoms with E-state index in [1.807, 2.05) is 0 Å². The van der Waals surface area contributed by atoms with Gasteiger partial charge in [0.05, 0.1) is 36.9 Å². The smallest absolute Gasteiger partial charge is 0.198 e. The van der Waals surface area contributed by atoms with Gasteiger partial charge in [-0.2, -0.15) is 5.10 Å². The Morgan fingerprint density at radius 3 is 2.96 bits per heavy atom. The molecule has 0 aromatic carbocycles. The van der Waals surface area contributed by atoms with Crippen LogP contribution in [0.2, 0.25) is 0 Å². The molecule has 1 aliphatic heterocycles. The Hall–Kier alpha value is -2.16. The third-order valence-corrected chi connectivity index (χ3v) is 3.53. The van der Waals surface area contributed by atoms with E-state index in [4.69, 9.17) is 26.2 Å². The summed E-state index contributed by atoms with van der Waals surface area (Å²) in [5.74, 6) is 0.630. The zero-order valence-electron chi connectivity index (χ0n) is 12.4. The number of methoxy groups -OCH3 is 1. The summed E-state index contributed by atoms with van der Waals surface area (Å²) in [6.45, 7) is 0.835. The van der Waals surface area contributed by atoms with Crippen molar-refractivity contribution in [2.45, 2.75) is 19.4 Å². The van der Waals surface area contributed by atoms with Crippen molar-refractivity contribution in [2.75, 3.05) is 19.0 Å². The second-order valence-corrected chi connectivity index (χ2v) is 5.15. The number of hydrogen-bond acceptors (Lipinski definition) is 7. The molecule has 1 unspecified atom stereocenters. The molecule has 0 radical (unpaired) electrons. The lowest BCUT2D eigenvalue weighted by Gasteiger charge is -2.20. The van der Waals surface area contributed by atoms with Crippen LogP contribution in [-0.4, -0.2) is 38.9 Å². The van der Waals surface area contributed by atoms with Crippen LogP contribution in [0.3, 0.4) is 0 Å². The third-order valence-electron chi connectivity index (χ3n) is 3.34. The van der Waals surface area contributed by atoms with Gasteiger partial charge < -0.3 is 19.9 Å². The first-order valence-corrected chi connectivity index (χ1v) is 7.36. The fourth-order valence-electron chi connectivity index (χ4n) is 2.24. The van der Waals surface area contributed by atoms with Gasteiger partial charge in [-0.15, -0.1) is 0 Å². The van der Waals surface area contributed by atoms with E-state index in [-0.39, 0.29) is 11.9 Å². The summed E-state index contributed by atoms with van der Waals surface area (Å²) < 4.78 is 12.7. The monoisotopic (exact) mass is 337 g/mol. The van der Waals surface area contributed by atoms with Crippen LogP contribution in [0.4, 0.5) is 5.69 Å². The van der Waals surface area contributed by atoms with Crippen molar-refractivity contribution in [3.8, 4) is 5.75 Å². The van der Waals surface area contributed by atoms with E-state index in [2.05, 4.69) is 20.4 Å². The molecule has 1 aliphatic rings. The molecule has 8 nitrogen and oxygen atoms in total. The van der Waals surface area contributed by atoms with Crippen molar-refractivity contribution in [1.82, 2.24) is 14.8 Å². The summed E-state index contributed by atoms with van der Waals surface area (Å²) in [6.07, 6.45) is 2.76. The minimum absolute atomic E-state index is 0.0891. The van der Waals surface area contributed by atoms with Gasteiger partial charge in [-0.05, 0) is 23.7 Å². The molecule has 0 saturated heterocycles. The van der Waals surface area contributed by atoms with Crippen LogP contribution in [0.15, 0.2) is 29.5 Å². The molecule has 3 heterocycles. The van der Waals surface area contributed by atoms with Crippen LogP contribution >= 0.6 is 11.6 Å². The van der Waals surface area contributed by atoms with Crippen molar-refractivity contribution < 1.29 is 14.6 Å². The van der Waals surface area contributed by atoms with Crippen molar-refractivity contribution in [1.29, 1.82) is 0 Å².